The first kappa shape index (κ1) is 15.6. The molecule has 2 aliphatic rings. The quantitative estimate of drug-likeness (QED) is 0.418. The molecule has 0 aromatic rings. The topological polar surface area (TPSA) is 62.9 Å². The fraction of sp³-hybridized carbons (Fsp3) is 0.933. The number of hydrogen-bond acceptors (Lipinski definition) is 3. The molecule has 0 radical (unpaired) electrons. The molecule has 2 rings (SSSR count). The molecule has 0 bridgehead atoms. The first-order valence-corrected chi connectivity index (χ1v) is 8.08. The summed E-state index contributed by atoms with van der Waals surface area (Å²) >= 11 is 0. The van der Waals surface area contributed by atoms with Crippen LogP contribution in [0, 0.1) is 5.41 Å². The summed E-state index contributed by atoms with van der Waals surface area (Å²) in [7, 11) is 0. The molecule has 3 N–H and O–H groups in total. The van der Waals surface area contributed by atoms with Crippen LogP contribution in [0.25, 0.3) is 0 Å². The van der Waals surface area contributed by atoms with Gasteiger partial charge in [0.15, 0.2) is 5.96 Å². The maximum Gasteiger partial charge on any atom is 0.188 e. The largest absolute Gasteiger partial charge is 0.379 e. The predicted octanol–water partition coefficient (Wildman–Crippen LogP) is 1.19. The van der Waals surface area contributed by atoms with Crippen molar-refractivity contribution in [2.24, 2.45) is 16.1 Å². The molecule has 0 atom stereocenters. The smallest absolute Gasteiger partial charge is 0.188 e. The molecule has 2 fully saturated rings. The van der Waals surface area contributed by atoms with Crippen LogP contribution in [0.2, 0.25) is 0 Å². The third kappa shape index (κ3) is 4.63. The molecule has 20 heavy (non-hydrogen) atoms. The Morgan fingerprint density at radius 2 is 2.10 bits per heavy atom. The van der Waals surface area contributed by atoms with Crippen LogP contribution in [0.4, 0.5) is 0 Å². The van der Waals surface area contributed by atoms with E-state index in [2.05, 4.69) is 22.1 Å². The molecular formula is C15H30N4O. The lowest BCUT2D eigenvalue weighted by Crippen LogP contribution is -2.39. The van der Waals surface area contributed by atoms with Crippen molar-refractivity contribution in [1.82, 2.24) is 10.2 Å². The molecule has 0 amide bonds. The average molecular weight is 282 g/mol. The molecule has 0 unspecified atom stereocenters. The van der Waals surface area contributed by atoms with Crippen molar-refractivity contribution >= 4 is 5.96 Å². The molecule has 1 saturated heterocycles. The predicted molar refractivity (Wildman–Crippen MR) is 82.9 cm³/mol. The lowest BCUT2D eigenvalue weighted by Gasteiger charge is -2.40. The van der Waals surface area contributed by atoms with E-state index in [9.17, 15) is 0 Å². The standard InChI is InChI=1S/C15H30N4O/c1-2-15(5-3-6-15)13-18-14(16)17-7-4-8-19-9-11-20-12-10-19/h2-13H2,1H3,(H3,16,17,18). The molecule has 1 heterocycles. The van der Waals surface area contributed by atoms with Gasteiger partial charge < -0.3 is 15.8 Å². The molecule has 1 saturated carbocycles. The summed E-state index contributed by atoms with van der Waals surface area (Å²) in [6.45, 7) is 9.04. The van der Waals surface area contributed by atoms with Gasteiger partial charge in [-0.15, -0.1) is 0 Å². The summed E-state index contributed by atoms with van der Waals surface area (Å²) in [5, 5.41) is 3.24. The van der Waals surface area contributed by atoms with Crippen LogP contribution < -0.4 is 11.1 Å². The highest BCUT2D eigenvalue weighted by atomic mass is 16.5. The van der Waals surface area contributed by atoms with Gasteiger partial charge in [0.25, 0.3) is 0 Å². The van der Waals surface area contributed by atoms with Crippen molar-refractivity contribution < 1.29 is 4.74 Å². The molecule has 5 nitrogen and oxygen atoms in total. The monoisotopic (exact) mass is 282 g/mol. The fourth-order valence-electron chi connectivity index (χ4n) is 2.95. The Kier molecular flexibility index (Phi) is 6.10. The zero-order valence-electron chi connectivity index (χ0n) is 12.9. The SMILES string of the molecule is CCC1(CN=C(N)NCCCN2CCOCC2)CCC1. The Balaban J connectivity index is 1.56. The van der Waals surface area contributed by atoms with Gasteiger partial charge in [-0.3, -0.25) is 9.89 Å². The number of nitrogens with two attached hydrogens (primary N) is 1. The van der Waals surface area contributed by atoms with Gasteiger partial charge >= 0.3 is 0 Å². The minimum atomic E-state index is 0.458. The van der Waals surface area contributed by atoms with Gasteiger partial charge in [0.05, 0.1) is 13.2 Å². The third-order valence-corrected chi connectivity index (χ3v) is 4.81. The molecular weight excluding hydrogens is 252 g/mol. The number of morpholine rings is 1. The second kappa shape index (κ2) is 7.84. The van der Waals surface area contributed by atoms with Crippen LogP contribution in [0.1, 0.15) is 39.0 Å². The minimum Gasteiger partial charge on any atom is -0.379 e. The van der Waals surface area contributed by atoms with Gasteiger partial charge in [-0.1, -0.05) is 13.3 Å². The number of guanidine groups is 1. The van der Waals surface area contributed by atoms with Gasteiger partial charge in [-0.25, -0.2) is 0 Å². The van der Waals surface area contributed by atoms with Crippen LogP contribution in [-0.4, -0.2) is 56.8 Å². The lowest BCUT2D eigenvalue weighted by molar-refractivity contribution is 0.0376. The molecule has 1 aliphatic carbocycles. The maximum absolute atomic E-state index is 5.94. The Morgan fingerprint density at radius 3 is 2.70 bits per heavy atom. The summed E-state index contributed by atoms with van der Waals surface area (Å²) in [6, 6.07) is 0. The van der Waals surface area contributed by atoms with E-state index in [1.54, 1.807) is 0 Å². The second-order valence-corrected chi connectivity index (χ2v) is 6.14. The van der Waals surface area contributed by atoms with Crippen molar-refractivity contribution in [2.45, 2.75) is 39.0 Å². The lowest BCUT2D eigenvalue weighted by atomic mass is 9.67. The van der Waals surface area contributed by atoms with E-state index in [4.69, 9.17) is 10.5 Å². The van der Waals surface area contributed by atoms with Gasteiger partial charge in [-0.05, 0) is 37.6 Å². The fourth-order valence-corrected chi connectivity index (χ4v) is 2.95. The summed E-state index contributed by atoms with van der Waals surface area (Å²) in [6.07, 6.45) is 6.32. The Bertz CT molecular complexity index is 303. The van der Waals surface area contributed by atoms with Crippen LogP contribution in [-0.2, 0) is 4.74 Å². The highest BCUT2D eigenvalue weighted by Crippen LogP contribution is 2.43. The number of hydrogen-bond donors (Lipinski definition) is 2. The van der Waals surface area contributed by atoms with Crippen molar-refractivity contribution in [3.63, 3.8) is 0 Å². The van der Waals surface area contributed by atoms with E-state index >= 15 is 0 Å². The van der Waals surface area contributed by atoms with Crippen LogP contribution in [0.15, 0.2) is 4.99 Å². The third-order valence-electron chi connectivity index (χ3n) is 4.81. The Morgan fingerprint density at radius 1 is 1.35 bits per heavy atom. The van der Waals surface area contributed by atoms with Crippen molar-refractivity contribution in [3.8, 4) is 0 Å². The van der Waals surface area contributed by atoms with E-state index in [1.807, 2.05) is 0 Å². The van der Waals surface area contributed by atoms with Crippen molar-refractivity contribution in [3.05, 3.63) is 0 Å². The average Bonchev–Trinajstić information content (AvgIpc) is 2.44. The van der Waals surface area contributed by atoms with Crippen LogP contribution in [0.5, 0.6) is 0 Å². The van der Waals surface area contributed by atoms with Crippen molar-refractivity contribution in [2.75, 3.05) is 45.9 Å². The normalized spacial score (nSPS) is 23.4. The summed E-state index contributed by atoms with van der Waals surface area (Å²) < 4.78 is 5.34. The maximum atomic E-state index is 5.94. The summed E-state index contributed by atoms with van der Waals surface area (Å²) in [5.41, 5.74) is 6.40. The van der Waals surface area contributed by atoms with Crippen molar-refractivity contribution in [1.29, 1.82) is 0 Å². The Labute approximate surface area is 122 Å². The van der Waals surface area contributed by atoms with E-state index in [0.717, 1.165) is 52.4 Å². The highest BCUT2D eigenvalue weighted by Gasteiger charge is 2.34. The first-order valence-electron chi connectivity index (χ1n) is 8.08. The van der Waals surface area contributed by atoms with Crippen LogP contribution in [0.3, 0.4) is 0 Å². The second-order valence-electron chi connectivity index (χ2n) is 6.14. The Hall–Kier alpha value is -0.810. The van der Waals surface area contributed by atoms with E-state index < -0.39 is 0 Å². The van der Waals surface area contributed by atoms with Gasteiger partial charge in [0.2, 0.25) is 0 Å². The number of ether oxygens (including phenoxy) is 1. The van der Waals surface area contributed by atoms with Gasteiger partial charge in [-0.2, -0.15) is 0 Å². The number of nitrogens with one attached hydrogen (secondary N) is 1. The van der Waals surface area contributed by atoms with E-state index in [0.29, 0.717) is 11.4 Å². The molecule has 0 aromatic heterocycles. The van der Waals surface area contributed by atoms with E-state index in [1.165, 1.54) is 25.7 Å². The van der Waals surface area contributed by atoms with Crippen LogP contribution >= 0.6 is 0 Å². The van der Waals surface area contributed by atoms with Gasteiger partial charge in [0, 0.05) is 26.2 Å². The summed E-state index contributed by atoms with van der Waals surface area (Å²) in [4.78, 5) is 6.97. The molecule has 0 spiro atoms. The summed E-state index contributed by atoms with van der Waals surface area (Å²) in [5.74, 6) is 0.617. The molecule has 1 aliphatic heterocycles. The number of nitrogens with zero attached hydrogens (tertiary/aromatic N) is 2. The zero-order chi connectivity index (χ0) is 14.3. The molecule has 0 aromatic carbocycles. The van der Waals surface area contributed by atoms with Gasteiger partial charge in [0.1, 0.15) is 0 Å². The first-order chi connectivity index (χ1) is 9.74. The zero-order valence-corrected chi connectivity index (χ0v) is 12.9. The molecule has 116 valence electrons. The highest BCUT2D eigenvalue weighted by molar-refractivity contribution is 5.77. The number of rotatable bonds is 7. The molecule has 5 heteroatoms. The van der Waals surface area contributed by atoms with E-state index in [-0.39, 0.29) is 0 Å². The number of aliphatic imine (C=N–C) groups is 1. The minimum absolute atomic E-state index is 0.458.